The van der Waals surface area contributed by atoms with E-state index < -0.39 is 23.5 Å². The topological polar surface area (TPSA) is 102 Å². The van der Waals surface area contributed by atoms with Crippen LogP contribution in [0.2, 0.25) is 0 Å². The first-order valence-electron chi connectivity index (χ1n) is 9.91. The largest absolute Gasteiger partial charge is 0.506 e. The second kappa shape index (κ2) is 8.58. The smallest absolute Gasteiger partial charge is 0.296 e. The molecule has 1 aliphatic heterocycles. The number of hydrogen-bond donors (Lipinski definition) is 1. The minimum atomic E-state index is -0.925. The fraction of sp³-hybridized carbons (Fsp3) is 0.208. The molecule has 0 bridgehead atoms. The number of likely N-dealkylation sites (tertiary alicyclic amines) is 1. The Balaban J connectivity index is 1.92. The van der Waals surface area contributed by atoms with E-state index in [1.165, 1.54) is 19.1 Å². The van der Waals surface area contributed by atoms with Gasteiger partial charge in [-0.1, -0.05) is 6.07 Å². The van der Waals surface area contributed by atoms with Gasteiger partial charge in [-0.2, -0.15) is 0 Å². The van der Waals surface area contributed by atoms with Crippen molar-refractivity contribution in [3.05, 3.63) is 83.1 Å². The Kier molecular flexibility index (Phi) is 5.68. The van der Waals surface area contributed by atoms with Crippen LogP contribution in [-0.2, 0) is 16.1 Å². The highest BCUT2D eigenvalue weighted by molar-refractivity contribution is 6.46. The summed E-state index contributed by atoms with van der Waals surface area (Å²) in [7, 11) is 2.89. The molecule has 2 aromatic heterocycles. The number of ketones is 1. The van der Waals surface area contributed by atoms with E-state index in [1.54, 1.807) is 61.8 Å². The summed E-state index contributed by atoms with van der Waals surface area (Å²) >= 11 is 0. The van der Waals surface area contributed by atoms with Crippen LogP contribution in [0.15, 0.2) is 64.8 Å². The first kappa shape index (κ1) is 21.2. The lowest BCUT2D eigenvalue weighted by atomic mass is 9.98. The number of pyridine rings is 1. The first-order chi connectivity index (χ1) is 15.5. The molecule has 3 heterocycles. The quantitative estimate of drug-likeness (QED) is 0.359. The van der Waals surface area contributed by atoms with Gasteiger partial charge < -0.3 is 23.9 Å². The molecular formula is C24H22N2O6. The Morgan fingerprint density at radius 3 is 2.28 bits per heavy atom. The van der Waals surface area contributed by atoms with E-state index >= 15 is 0 Å². The minimum absolute atomic E-state index is 0.0961. The van der Waals surface area contributed by atoms with Crippen molar-refractivity contribution < 1.29 is 28.6 Å². The normalized spacial score (nSPS) is 17.6. The molecular weight excluding hydrogens is 412 g/mol. The summed E-state index contributed by atoms with van der Waals surface area (Å²) in [4.78, 5) is 31.6. The van der Waals surface area contributed by atoms with Crippen LogP contribution in [0.3, 0.4) is 0 Å². The Morgan fingerprint density at radius 1 is 1.06 bits per heavy atom. The van der Waals surface area contributed by atoms with E-state index in [2.05, 4.69) is 4.98 Å². The summed E-state index contributed by atoms with van der Waals surface area (Å²) in [5, 5.41) is 11.3. The molecule has 1 saturated heterocycles. The molecule has 1 N–H and O–H groups in total. The summed E-state index contributed by atoms with van der Waals surface area (Å²) in [6.07, 6.45) is 3.22. The molecule has 0 radical (unpaired) electrons. The Hall–Kier alpha value is -4.07. The molecule has 1 fully saturated rings. The molecule has 1 aromatic carbocycles. The monoisotopic (exact) mass is 434 g/mol. The first-order valence-corrected chi connectivity index (χ1v) is 9.91. The molecule has 0 aliphatic carbocycles. The van der Waals surface area contributed by atoms with Gasteiger partial charge in [0, 0.05) is 18.9 Å². The van der Waals surface area contributed by atoms with Gasteiger partial charge in [0.1, 0.15) is 40.4 Å². The highest BCUT2D eigenvalue weighted by Crippen LogP contribution is 2.44. The predicted molar refractivity (Wildman–Crippen MR) is 115 cm³/mol. The molecule has 4 rings (SSSR count). The molecule has 32 heavy (non-hydrogen) atoms. The van der Waals surface area contributed by atoms with E-state index in [-0.39, 0.29) is 17.7 Å². The third kappa shape index (κ3) is 3.60. The van der Waals surface area contributed by atoms with Crippen LogP contribution < -0.4 is 9.47 Å². The number of carbonyl (C=O) groups is 2. The van der Waals surface area contributed by atoms with Gasteiger partial charge in [-0.3, -0.25) is 14.6 Å². The summed E-state index contributed by atoms with van der Waals surface area (Å²) in [6.45, 7) is 1.90. The van der Waals surface area contributed by atoms with Crippen molar-refractivity contribution in [3.8, 4) is 11.5 Å². The maximum atomic E-state index is 13.2. The number of hydrogen-bond acceptors (Lipinski definition) is 7. The molecule has 8 nitrogen and oxygen atoms in total. The third-order valence-corrected chi connectivity index (χ3v) is 5.34. The van der Waals surface area contributed by atoms with E-state index in [0.717, 1.165) is 5.56 Å². The predicted octanol–water partition coefficient (Wildman–Crippen LogP) is 3.62. The van der Waals surface area contributed by atoms with E-state index in [9.17, 15) is 14.7 Å². The number of aromatic nitrogens is 1. The van der Waals surface area contributed by atoms with Gasteiger partial charge in [-0.05, 0) is 48.9 Å². The van der Waals surface area contributed by atoms with Crippen LogP contribution in [0.5, 0.6) is 11.5 Å². The van der Waals surface area contributed by atoms with Crippen LogP contribution in [0.25, 0.3) is 5.76 Å². The van der Waals surface area contributed by atoms with Crippen molar-refractivity contribution in [2.75, 3.05) is 14.2 Å². The maximum absolute atomic E-state index is 13.2. The number of benzene rings is 1. The average molecular weight is 434 g/mol. The zero-order valence-electron chi connectivity index (χ0n) is 17.9. The summed E-state index contributed by atoms with van der Waals surface area (Å²) in [6, 6.07) is 11.0. The SMILES string of the molecule is COc1cccc(OC)c1/C(O)=C1\C(=O)C(=O)N(Cc2ccncc2)C1c1ccc(C)o1. The number of furan rings is 1. The number of nitrogens with zero attached hydrogens (tertiary/aromatic N) is 2. The number of aliphatic hydroxyl groups is 1. The number of aryl methyl sites for hydroxylation is 1. The fourth-order valence-electron chi connectivity index (χ4n) is 3.84. The lowest BCUT2D eigenvalue weighted by Crippen LogP contribution is -2.29. The number of rotatable bonds is 6. The molecule has 1 atom stereocenters. The van der Waals surface area contributed by atoms with E-state index in [1.807, 2.05) is 0 Å². The van der Waals surface area contributed by atoms with Crippen LogP contribution in [-0.4, -0.2) is 40.9 Å². The zero-order valence-corrected chi connectivity index (χ0v) is 17.9. The van der Waals surface area contributed by atoms with Crippen LogP contribution in [0.4, 0.5) is 0 Å². The van der Waals surface area contributed by atoms with Crippen molar-refractivity contribution in [2.24, 2.45) is 0 Å². The number of ether oxygens (including phenoxy) is 2. The van der Waals surface area contributed by atoms with Crippen molar-refractivity contribution >= 4 is 17.4 Å². The third-order valence-electron chi connectivity index (χ3n) is 5.34. The van der Waals surface area contributed by atoms with E-state index in [4.69, 9.17) is 13.9 Å². The molecule has 3 aromatic rings. The number of amides is 1. The summed E-state index contributed by atoms with van der Waals surface area (Å²) in [5.41, 5.74) is 0.874. The fourth-order valence-corrected chi connectivity index (χ4v) is 3.84. The van der Waals surface area contributed by atoms with Gasteiger partial charge >= 0.3 is 0 Å². The van der Waals surface area contributed by atoms with Gasteiger partial charge in [0.2, 0.25) is 0 Å². The van der Waals surface area contributed by atoms with Gasteiger partial charge in [-0.15, -0.1) is 0 Å². The lowest BCUT2D eigenvalue weighted by molar-refractivity contribution is -0.140. The second-order valence-corrected chi connectivity index (χ2v) is 7.27. The summed E-state index contributed by atoms with van der Waals surface area (Å²) in [5.74, 6) is -0.363. The summed E-state index contributed by atoms with van der Waals surface area (Å²) < 4.78 is 16.6. The van der Waals surface area contributed by atoms with Gasteiger partial charge in [-0.25, -0.2) is 0 Å². The zero-order chi connectivity index (χ0) is 22.8. The van der Waals surface area contributed by atoms with Crippen molar-refractivity contribution in [1.29, 1.82) is 0 Å². The molecule has 0 saturated carbocycles. The van der Waals surface area contributed by atoms with Crippen LogP contribution >= 0.6 is 0 Å². The van der Waals surface area contributed by atoms with Gasteiger partial charge in [0.15, 0.2) is 0 Å². The minimum Gasteiger partial charge on any atom is -0.506 e. The second-order valence-electron chi connectivity index (χ2n) is 7.27. The standard InChI is InChI=1S/C24H22N2O6/c1-14-7-8-18(32-14)21-20(22(27)19-16(30-2)5-4-6-17(19)31-3)23(28)24(29)26(21)13-15-9-11-25-12-10-15/h4-12,21,27H,13H2,1-3H3/b22-20+. The van der Waals surface area contributed by atoms with Crippen LogP contribution in [0.1, 0.15) is 28.7 Å². The number of carbonyl (C=O) groups excluding carboxylic acids is 2. The molecule has 164 valence electrons. The Labute approximate surface area is 184 Å². The number of methoxy groups -OCH3 is 2. The number of Topliss-reactive ketones (excluding diaryl/α,β-unsaturated/α-hetero) is 1. The average Bonchev–Trinajstić information content (AvgIpc) is 3.34. The highest BCUT2D eigenvalue weighted by Gasteiger charge is 2.48. The Morgan fingerprint density at radius 2 is 1.72 bits per heavy atom. The van der Waals surface area contributed by atoms with Crippen molar-refractivity contribution in [1.82, 2.24) is 9.88 Å². The van der Waals surface area contributed by atoms with Gasteiger partial charge in [0.25, 0.3) is 11.7 Å². The van der Waals surface area contributed by atoms with Crippen molar-refractivity contribution in [3.63, 3.8) is 0 Å². The lowest BCUT2D eigenvalue weighted by Gasteiger charge is -2.23. The highest BCUT2D eigenvalue weighted by atomic mass is 16.5. The molecule has 1 unspecified atom stereocenters. The Bertz CT molecular complexity index is 1180. The number of aliphatic hydroxyl groups excluding tert-OH is 1. The van der Waals surface area contributed by atoms with Crippen LogP contribution in [0, 0.1) is 6.92 Å². The molecule has 1 aliphatic rings. The molecule has 0 spiro atoms. The maximum Gasteiger partial charge on any atom is 0.296 e. The van der Waals surface area contributed by atoms with Gasteiger partial charge in [0.05, 0.1) is 19.8 Å². The van der Waals surface area contributed by atoms with E-state index in [0.29, 0.717) is 23.0 Å². The molecule has 1 amide bonds. The van der Waals surface area contributed by atoms with Crippen molar-refractivity contribution in [2.45, 2.75) is 19.5 Å². The molecule has 8 heteroatoms.